The summed E-state index contributed by atoms with van der Waals surface area (Å²) >= 11 is 0. The van der Waals surface area contributed by atoms with E-state index < -0.39 is 26.6 Å². The van der Waals surface area contributed by atoms with Crippen LogP contribution in [0, 0.1) is 11.6 Å². The molecule has 3 heterocycles. The van der Waals surface area contributed by atoms with E-state index >= 15 is 0 Å². The predicted octanol–water partition coefficient (Wildman–Crippen LogP) is 1.62. The third kappa shape index (κ3) is 3.88. The number of rotatable bonds is 6. The quantitative estimate of drug-likeness (QED) is 0.759. The van der Waals surface area contributed by atoms with E-state index in [0.717, 1.165) is 43.9 Å². The largest absolute Gasteiger partial charge is 0.337 e. The van der Waals surface area contributed by atoms with Crippen molar-refractivity contribution >= 4 is 15.9 Å². The van der Waals surface area contributed by atoms with Crippen LogP contribution in [0.2, 0.25) is 0 Å². The van der Waals surface area contributed by atoms with Gasteiger partial charge in [-0.25, -0.2) is 21.9 Å². The summed E-state index contributed by atoms with van der Waals surface area (Å²) in [5, 5.41) is 8.38. The molecule has 2 aromatic rings. The SMILES string of the molecule is O=C(CCNS(=O)(=O)c1c(F)cccc1F)N1C2CCC1CC(n1nccn1)C2. The average molecular weight is 425 g/mol. The second kappa shape index (κ2) is 7.79. The van der Waals surface area contributed by atoms with Crippen molar-refractivity contribution in [3.8, 4) is 0 Å². The van der Waals surface area contributed by atoms with Crippen LogP contribution in [0.3, 0.4) is 0 Å². The van der Waals surface area contributed by atoms with Gasteiger partial charge in [0.1, 0.15) is 11.6 Å². The topological polar surface area (TPSA) is 97.2 Å². The highest BCUT2D eigenvalue weighted by molar-refractivity contribution is 7.89. The Balaban J connectivity index is 1.36. The number of nitrogens with zero attached hydrogens (tertiary/aromatic N) is 4. The number of fused-ring (bicyclic) bond motifs is 2. The van der Waals surface area contributed by atoms with Gasteiger partial charge in [0, 0.05) is 25.0 Å². The van der Waals surface area contributed by atoms with Crippen molar-refractivity contribution in [2.75, 3.05) is 6.54 Å². The zero-order valence-electron chi connectivity index (χ0n) is 15.5. The first-order chi connectivity index (χ1) is 13.9. The number of hydrogen-bond donors (Lipinski definition) is 1. The van der Waals surface area contributed by atoms with Gasteiger partial charge in [-0.05, 0) is 37.8 Å². The van der Waals surface area contributed by atoms with E-state index in [9.17, 15) is 22.0 Å². The first kappa shape index (κ1) is 19.9. The van der Waals surface area contributed by atoms with Crippen LogP contribution >= 0.6 is 0 Å². The molecule has 156 valence electrons. The molecule has 0 saturated carbocycles. The van der Waals surface area contributed by atoms with E-state index in [1.807, 2.05) is 4.90 Å². The van der Waals surface area contributed by atoms with Gasteiger partial charge in [0.2, 0.25) is 15.9 Å². The molecule has 8 nitrogen and oxygen atoms in total. The number of benzene rings is 1. The third-order valence-corrected chi connectivity index (χ3v) is 7.09. The van der Waals surface area contributed by atoms with Crippen LogP contribution < -0.4 is 4.72 Å². The van der Waals surface area contributed by atoms with Crippen LogP contribution in [-0.2, 0) is 14.8 Å². The Morgan fingerprint density at radius 1 is 1.07 bits per heavy atom. The molecule has 1 N–H and O–H groups in total. The zero-order chi connectivity index (χ0) is 20.6. The normalized spacial score (nSPS) is 24.1. The van der Waals surface area contributed by atoms with E-state index in [1.54, 1.807) is 17.2 Å². The standard InChI is InChI=1S/C18H21F2N5O3S/c19-15-2-1-3-16(20)18(15)29(27,28)23-7-6-17(26)24-12-4-5-13(24)11-14(10-12)25-21-8-9-22-25/h1-3,8-9,12-14,23H,4-7,10-11H2. The molecule has 1 aromatic carbocycles. The smallest absolute Gasteiger partial charge is 0.246 e. The fourth-order valence-electron chi connectivity index (χ4n) is 4.39. The first-order valence-corrected chi connectivity index (χ1v) is 11.0. The van der Waals surface area contributed by atoms with Gasteiger partial charge in [-0.15, -0.1) is 0 Å². The summed E-state index contributed by atoms with van der Waals surface area (Å²) in [5.41, 5.74) is 0. The molecule has 1 aromatic heterocycles. The minimum absolute atomic E-state index is 0.0675. The Labute approximate surface area is 166 Å². The number of hydrogen-bond acceptors (Lipinski definition) is 5. The van der Waals surface area contributed by atoms with Gasteiger partial charge in [-0.2, -0.15) is 15.0 Å². The van der Waals surface area contributed by atoms with Gasteiger partial charge in [0.25, 0.3) is 0 Å². The molecule has 29 heavy (non-hydrogen) atoms. The van der Waals surface area contributed by atoms with E-state index in [0.29, 0.717) is 0 Å². The maximum Gasteiger partial charge on any atom is 0.246 e. The minimum Gasteiger partial charge on any atom is -0.337 e. The monoisotopic (exact) mass is 425 g/mol. The maximum absolute atomic E-state index is 13.7. The first-order valence-electron chi connectivity index (χ1n) is 9.47. The van der Waals surface area contributed by atoms with Crippen molar-refractivity contribution in [2.45, 2.75) is 55.1 Å². The lowest BCUT2D eigenvalue weighted by Crippen LogP contribution is -2.48. The Morgan fingerprint density at radius 3 is 2.24 bits per heavy atom. The summed E-state index contributed by atoms with van der Waals surface area (Å²) in [4.78, 5) is 15.2. The van der Waals surface area contributed by atoms with Gasteiger partial charge in [-0.3, -0.25) is 4.79 Å². The van der Waals surface area contributed by atoms with Crippen molar-refractivity contribution in [3.05, 3.63) is 42.2 Å². The fraction of sp³-hybridized carbons (Fsp3) is 0.500. The molecule has 2 aliphatic heterocycles. The molecule has 4 rings (SSSR count). The van der Waals surface area contributed by atoms with Crippen molar-refractivity contribution in [1.82, 2.24) is 24.6 Å². The lowest BCUT2D eigenvalue weighted by Gasteiger charge is -2.38. The van der Waals surface area contributed by atoms with Crippen molar-refractivity contribution < 1.29 is 22.0 Å². The van der Waals surface area contributed by atoms with Gasteiger partial charge in [0.05, 0.1) is 18.4 Å². The van der Waals surface area contributed by atoms with Crippen LogP contribution in [-0.4, -0.2) is 52.8 Å². The van der Waals surface area contributed by atoms with E-state index in [-0.39, 0.29) is 37.0 Å². The molecule has 0 radical (unpaired) electrons. The highest BCUT2D eigenvalue weighted by atomic mass is 32.2. The van der Waals surface area contributed by atoms with Crippen LogP contribution in [0.15, 0.2) is 35.5 Å². The molecule has 11 heteroatoms. The van der Waals surface area contributed by atoms with Gasteiger partial charge >= 0.3 is 0 Å². The summed E-state index contributed by atoms with van der Waals surface area (Å²) in [7, 11) is -4.39. The third-order valence-electron chi connectivity index (χ3n) is 5.58. The molecule has 0 spiro atoms. The second-order valence-corrected chi connectivity index (χ2v) is 9.06. The van der Waals surface area contributed by atoms with Gasteiger partial charge in [-0.1, -0.05) is 6.07 Å². The lowest BCUT2D eigenvalue weighted by molar-refractivity contribution is -0.136. The molecular formula is C18H21F2N5O3S. The van der Waals surface area contributed by atoms with E-state index in [2.05, 4.69) is 14.9 Å². The molecule has 2 bridgehead atoms. The van der Waals surface area contributed by atoms with E-state index in [4.69, 9.17) is 0 Å². The van der Waals surface area contributed by atoms with Gasteiger partial charge < -0.3 is 4.90 Å². The molecule has 2 unspecified atom stereocenters. The summed E-state index contributed by atoms with van der Waals surface area (Å²) in [5.74, 6) is -2.51. The van der Waals surface area contributed by atoms with Crippen molar-refractivity contribution in [1.29, 1.82) is 0 Å². The Bertz CT molecular complexity index is 965. The van der Waals surface area contributed by atoms with Crippen LogP contribution in [0.4, 0.5) is 8.78 Å². The molecule has 2 fully saturated rings. The number of aromatic nitrogens is 3. The molecule has 2 saturated heterocycles. The molecule has 0 aliphatic carbocycles. The molecule has 2 atom stereocenters. The number of halogens is 2. The predicted molar refractivity (Wildman–Crippen MR) is 98.1 cm³/mol. The highest BCUT2D eigenvalue weighted by Gasteiger charge is 2.43. The fourth-order valence-corrected chi connectivity index (χ4v) is 5.56. The van der Waals surface area contributed by atoms with Crippen LogP contribution in [0.1, 0.15) is 38.1 Å². The molecule has 1 amide bonds. The number of carbonyl (C=O) groups excluding carboxylic acids is 1. The number of nitrogens with one attached hydrogen (secondary N) is 1. The summed E-state index contributed by atoms with van der Waals surface area (Å²) < 4.78 is 54.0. The molecule has 2 aliphatic rings. The summed E-state index contributed by atoms with van der Waals surface area (Å²) in [6.45, 7) is -0.227. The Hall–Kier alpha value is -2.40. The Kier molecular flexibility index (Phi) is 5.34. The summed E-state index contributed by atoms with van der Waals surface area (Å²) in [6.07, 6.45) is 6.47. The average Bonchev–Trinajstić information content (AvgIpc) is 3.28. The summed E-state index contributed by atoms with van der Waals surface area (Å²) in [6, 6.07) is 3.12. The number of carbonyl (C=O) groups is 1. The lowest BCUT2D eigenvalue weighted by atomic mass is 9.97. The number of piperidine rings is 1. The second-order valence-electron chi connectivity index (χ2n) is 7.36. The van der Waals surface area contributed by atoms with Crippen molar-refractivity contribution in [2.24, 2.45) is 0 Å². The molecular weight excluding hydrogens is 404 g/mol. The minimum atomic E-state index is -4.39. The number of amides is 1. The van der Waals surface area contributed by atoms with E-state index in [1.165, 1.54) is 0 Å². The van der Waals surface area contributed by atoms with Crippen molar-refractivity contribution in [3.63, 3.8) is 0 Å². The Morgan fingerprint density at radius 2 is 1.66 bits per heavy atom. The van der Waals surface area contributed by atoms with Crippen LogP contribution in [0.5, 0.6) is 0 Å². The highest BCUT2D eigenvalue weighted by Crippen LogP contribution is 2.40. The number of sulfonamides is 1. The zero-order valence-corrected chi connectivity index (χ0v) is 16.4. The van der Waals surface area contributed by atoms with Gasteiger partial charge in [0.15, 0.2) is 4.90 Å². The maximum atomic E-state index is 13.7. The van der Waals surface area contributed by atoms with Crippen LogP contribution in [0.25, 0.3) is 0 Å².